The normalized spacial score (nSPS) is 22.3. The summed E-state index contributed by atoms with van der Waals surface area (Å²) < 4.78 is 1.13. The summed E-state index contributed by atoms with van der Waals surface area (Å²) in [7, 11) is 0. The van der Waals surface area contributed by atoms with Gasteiger partial charge in [0.05, 0.1) is 12.6 Å². The highest BCUT2D eigenvalue weighted by molar-refractivity contribution is 9.10. The predicted octanol–water partition coefficient (Wildman–Crippen LogP) is 3.59. The van der Waals surface area contributed by atoms with Crippen LogP contribution >= 0.6 is 15.9 Å². The molecule has 0 aliphatic heterocycles. The Bertz CT molecular complexity index is 551. The van der Waals surface area contributed by atoms with Gasteiger partial charge in [0.25, 0.3) is 0 Å². The molecule has 1 aliphatic carbocycles. The molecule has 134 valence electrons. The third kappa shape index (κ3) is 5.49. The van der Waals surface area contributed by atoms with Crippen molar-refractivity contribution in [2.45, 2.75) is 64.0 Å². The SMILES string of the molecule is CCNC(=NCC(C)(C)c1ccccc1Br)NC1CCC(O)CC1. The van der Waals surface area contributed by atoms with E-state index in [-0.39, 0.29) is 11.5 Å². The van der Waals surface area contributed by atoms with Crippen LogP contribution in [0.3, 0.4) is 0 Å². The molecule has 3 N–H and O–H groups in total. The maximum Gasteiger partial charge on any atom is 0.191 e. The lowest BCUT2D eigenvalue weighted by Crippen LogP contribution is -2.45. The molecule has 2 rings (SSSR count). The van der Waals surface area contributed by atoms with Crippen LogP contribution in [0.1, 0.15) is 52.0 Å². The number of aliphatic hydroxyl groups is 1. The first-order chi connectivity index (χ1) is 11.4. The van der Waals surface area contributed by atoms with Crippen LogP contribution in [0.4, 0.5) is 0 Å². The lowest BCUT2D eigenvalue weighted by molar-refractivity contribution is 0.120. The minimum atomic E-state index is -0.128. The Morgan fingerprint density at radius 1 is 1.25 bits per heavy atom. The van der Waals surface area contributed by atoms with Gasteiger partial charge in [0.15, 0.2) is 5.96 Å². The quantitative estimate of drug-likeness (QED) is 0.527. The first-order valence-corrected chi connectivity index (χ1v) is 9.69. The van der Waals surface area contributed by atoms with E-state index in [9.17, 15) is 5.11 Å². The number of nitrogens with one attached hydrogen (secondary N) is 2. The molecular formula is C19H30BrN3O. The van der Waals surface area contributed by atoms with Gasteiger partial charge in [-0.25, -0.2) is 0 Å². The van der Waals surface area contributed by atoms with Gasteiger partial charge < -0.3 is 15.7 Å². The summed E-state index contributed by atoms with van der Waals surface area (Å²) in [6, 6.07) is 8.75. The molecule has 0 heterocycles. The van der Waals surface area contributed by atoms with Crippen LogP contribution in [0.15, 0.2) is 33.7 Å². The maximum absolute atomic E-state index is 9.65. The molecule has 0 saturated heterocycles. The van der Waals surface area contributed by atoms with Crippen molar-refractivity contribution in [2.24, 2.45) is 4.99 Å². The second-order valence-corrected chi connectivity index (χ2v) is 8.06. The van der Waals surface area contributed by atoms with Crippen LogP contribution in [0.2, 0.25) is 0 Å². The Labute approximate surface area is 154 Å². The summed E-state index contributed by atoms with van der Waals surface area (Å²) in [6.07, 6.45) is 3.62. The highest BCUT2D eigenvalue weighted by Gasteiger charge is 2.24. The number of hydrogen-bond donors (Lipinski definition) is 3. The highest BCUT2D eigenvalue weighted by Crippen LogP contribution is 2.30. The van der Waals surface area contributed by atoms with Gasteiger partial charge >= 0.3 is 0 Å². The molecule has 1 aromatic carbocycles. The summed E-state index contributed by atoms with van der Waals surface area (Å²) >= 11 is 3.65. The van der Waals surface area contributed by atoms with Crippen molar-refractivity contribution in [3.05, 3.63) is 34.3 Å². The van der Waals surface area contributed by atoms with E-state index in [4.69, 9.17) is 4.99 Å². The van der Waals surface area contributed by atoms with Gasteiger partial charge in [-0.15, -0.1) is 0 Å². The number of nitrogens with zero attached hydrogens (tertiary/aromatic N) is 1. The van der Waals surface area contributed by atoms with E-state index >= 15 is 0 Å². The fourth-order valence-corrected chi connectivity index (χ4v) is 3.93. The topological polar surface area (TPSA) is 56.7 Å². The number of benzene rings is 1. The van der Waals surface area contributed by atoms with Crippen molar-refractivity contribution in [1.29, 1.82) is 0 Å². The van der Waals surface area contributed by atoms with E-state index in [0.717, 1.165) is 42.7 Å². The van der Waals surface area contributed by atoms with E-state index < -0.39 is 0 Å². The van der Waals surface area contributed by atoms with Gasteiger partial charge in [-0.1, -0.05) is 48.0 Å². The lowest BCUT2D eigenvalue weighted by atomic mass is 9.85. The van der Waals surface area contributed by atoms with Gasteiger partial charge in [-0.3, -0.25) is 4.99 Å². The molecule has 0 bridgehead atoms. The third-order valence-electron chi connectivity index (χ3n) is 4.62. The van der Waals surface area contributed by atoms with Gasteiger partial charge in [0.2, 0.25) is 0 Å². The van der Waals surface area contributed by atoms with E-state index in [2.05, 4.69) is 65.5 Å². The largest absolute Gasteiger partial charge is 0.393 e. The Kier molecular flexibility index (Phi) is 7.11. The Hall–Kier alpha value is -1.07. The van der Waals surface area contributed by atoms with Gasteiger partial charge in [-0.2, -0.15) is 0 Å². The maximum atomic E-state index is 9.65. The van der Waals surface area contributed by atoms with Gasteiger partial charge in [0, 0.05) is 22.5 Å². The highest BCUT2D eigenvalue weighted by atomic mass is 79.9. The van der Waals surface area contributed by atoms with Crippen LogP contribution in [0.25, 0.3) is 0 Å². The van der Waals surface area contributed by atoms with E-state index in [1.54, 1.807) is 0 Å². The monoisotopic (exact) mass is 395 g/mol. The lowest BCUT2D eigenvalue weighted by Gasteiger charge is -2.29. The number of rotatable bonds is 5. The number of aliphatic imine (C=N–C) groups is 1. The Morgan fingerprint density at radius 2 is 1.92 bits per heavy atom. The molecule has 0 aromatic heterocycles. The van der Waals surface area contributed by atoms with Gasteiger partial charge in [0.1, 0.15) is 0 Å². The summed E-state index contributed by atoms with van der Waals surface area (Å²) in [6.45, 7) is 8.08. The second kappa shape index (κ2) is 8.86. The molecule has 24 heavy (non-hydrogen) atoms. The van der Waals surface area contributed by atoms with Crippen LogP contribution < -0.4 is 10.6 Å². The molecule has 0 spiro atoms. The predicted molar refractivity (Wildman–Crippen MR) is 105 cm³/mol. The third-order valence-corrected chi connectivity index (χ3v) is 5.31. The van der Waals surface area contributed by atoms with Crippen molar-refractivity contribution in [3.8, 4) is 0 Å². The van der Waals surface area contributed by atoms with Crippen molar-refractivity contribution in [3.63, 3.8) is 0 Å². The number of guanidine groups is 1. The molecule has 0 atom stereocenters. The average molecular weight is 396 g/mol. The average Bonchev–Trinajstić information content (AvgIpc) is 2.55. The summed E-state index contributed by atoms with van der Waals surface area (Å²) in [5, 5.41) is 16.5. The van der Waals surface area contributed by atoms with Crippen molar-refractivity contribution in [2.75, 3.05) is 13.1 Å². The second-order valence-electron chi connectivity index (χ2n) is 7.21. The summed E-state index contributed by atoms with van der Waals surface area (Å²) in [4.78, 5) is 4.83. The first kappa shape index (κ1) is 19.3. The molecule has 1 saturated carbocycles. The van der Waals surface area contributed by atoms with Crippen LogP contribution in [0.5, 0.6) is 0 Å². The molecule has 5 heteroatoms. The molecule has 1 aliphatic rings. The summed E-state index contributed by atoms with van der Waals surface area (Å²) in [5.74, 6) is 0.874. The Morgan fingerprint density at radius 3 is 2.54 bits per heavy atom. The van der Waals surface area contributed by atoms with E-state index in [1.165, 1.54) is 5.56 Å². The van der Waals surface area contributed by atoms with Crippen molar-refractivity contribution in [1.82, 2.24) is 10.6 Å². The minimum absolute atomic E-state index is 0.0504. The zero-order chi connectivity index (χ0) is 17.6. The van der Waals surface area contributed by atoms with Crippen LogP contribution in [-0.4, -0.2) is 36.3 Å². The number of hydrogen-bond acceptors (Lipinski definition) is 2. The fraction of sp³-hybridized carbons (Fsp3) is 0.632. The molecule has 0 radical (unpaired) electrons. The van der Waals surface area contributed by atoms with E-state index in [0.29, 0.717) is 12.6 Å². The van der Waals surface area contributed by atoms with Gasteiger partial charge in [-0.05, 0) is 44.2 Å². The Balaban J connectivity index is 2.03. The van der Waals surface area contributed by atoms with Crippen molar-refractivity contribution >= 4 is 21.9 Å². The molecule has 0 amide bonds. The van der Waals surface area contributed by atoms with E-state index in [1.807, 2.05) is 6.07 Å². The zero-order valence-electron chi connectivity index (χ0n) is 15.0. The minimum Gasteiger partial charge on any atom is -0.393 e. The smallest absolute Gasteiger partial charge is 0.191 e. The number of halogens is 1. The molecule has 0 unspecified atom stereocenters. The van der Waals surface area contributed by atoms with Crippen LogP contribution in [-0.2, 0) is 5.41 Å². The van der Waals surface area contributed by atoms with Crippen molar-refractivity contribution < 1.29 is 5.11 Å². The molecular weight excluding hydrogens is 366 g/mol. The summed E-state index contributed by atoms with van der Waals surface area (Å²) in [5.41, 5.74) is 1.22. The van der Waals surface area contributed by atoms with Crippen LogP contribution in [0, 0.1) is 0 Å². The molecule has 1 aromatic rings. The molecule has 1 fully saturated rings. The fourth-order valence-electron chi connectivity index (χ4n) is 3.11. The first-order valence-electron chi connectivity index (χ1n) is 8.90. The molecule has 4 nitrogen and oxygen atoms in total. The standard InChI is InChI=1S/C19H30BrN3O/c1-4-21-18(23-14-9-11-15(24)12-10-14)22-13-19(2,3)16-7-5-6-8-17(16)20/h5-8,14-15,24H,4,9-13H2,1-3H3,(H2,21,22,23). The zero-order valence-corrected chi connectivity index (χ0v) is 16.6. The number of aliphatic hydroxyl groups excluding tert-OH is 1.